The second-order valence-electron chi connectivity index (χ2n) is 5.70. The summed E-state index contributed by atoms with van der Waals surface area (Å²) in [7, 11) is 1.43. The van der Waals surface area contributed by atoms with E-state index in [0.717, 1.165) is 0 Å². The van der Waals surface area contributed by atoms with E-state index in [1.807, 2.05) is 6.07 Å². The molecule has 1 aromatic carbocycles. The van der Waals surface area contributed by atoms with Crippen LogP contribution >= 0.6 is 0 Å². The van der Waals surface area contributed by atoms with Gasteiger partial charge in [0.05, 0.1) is 13.3 Å². The minimum atomic E-state index is -0.318. The summed E-state index contributed by atoms with van der Waals surface area (Å²) in [6.07, 6.45) is 1.56. The van der Waals surface area contributed by atoms with E-state index < -0.39 is 0 Å². The lowest BCUT2D eigenvalue weighted by Gasteiger charge is -2.30. The molecule has 2 amide bonds. The van der Waals surface area contributed by atoms with Gasteiger partial charge in [-0.2, -0.15) is 0 Å². The highest BCUT2D eigenvalue weighted by molar-refractivity contribution is 5.94. The molecule has 2 aromatic rings. The first-order chi connectivity index (χ1) is 12.1. The Balaban J connectivity index is 1.62. The first-order valence-electron chi connectivity index (χ1n) is 8.01. The Morgan fingerprint density at radius 1 is 1.20 bits per heavy atom. The van der Waals surface area contributed by atoms with E-state index in [2.05, 4.69) is 5.32 Å². The van der Waals surface area contributed by atoms with Gasteiger partial charge in [0, 0.05) is 37.8 Å². The molecular formula is C18H19N3O4. The van der Waals surface area contributed by atoms with Crippen molar-refractivity contribution in [1.82, 2.24) is 14.8 Å². The minimum absolute atomic E-state index is 0.175. The highest BCUT2D eigenvalue weighted by Gasteiger charge is 2.24. The maximum absolute atomic E-state index is 12.5. The number of amides is 2. The standard InChI is InChI=1S/C18H19N3O4/c1-25-16-12-21-10-9-20(18(24)14(21)11-15(16)22)8-7-19-17(23)13-5-3-2-4-6-13/h2-6,11-12H,7-10H2,1H3,(H,19,23). The number of carbonyl (C=O) groups is 2. The van der Waals surface area contributed by atoms with Gasteiger partial charge >= 0.3 is 0 Å². The summed E-state index contributed by atoms with van der Waals surface area (Å²) in [6.45, 7) is 1.82. The lowest BCUT2D eigenvalue weighted by atomic mass is 10.2. The summed E-state index contributed by atoms with van der Waals surface area (Å²) in [5, 5.41) is 2.80. The number of hydrogen-bond acceptors (Lipinski definition) is 4. The van der Waals surface area contributed by atoms with E-state index in [9.17, 15) is 14.4 Å². The Kier molecular flexibility index (Phi) is 4.83. The fourth-order valence-electron chi connectivity index (χ4n) is 2.78. The van der Waals surface area contributed by atoms with Crippen LogP contribution in [-0.2, 0) is 6.54 Å². The van der Waals surface area contributed by atoms with Crippen LogP contribution in [0.25, 0.3) is 0 Å². The first kappa shape index (κ1) is 16.8. The van der Waals surface area contributed by atoms with Crippen LogP contribution < -0.4 is 15.5 Å². The molecule has 0 spiro atoms. The van der Waals surface area contributed by atoms with Crippen molar-refractivity contribution in [2.75, 3.05) is 26.7 Å². The highest BCUT2D eigenvalue weighted by Crippen LogP contribution is 2.14. The normalized spacial score (nSPS) is 13.3. The van der Waals surface area contributed by atoms with Crippen LogP contribution in [0.3, 0.4) is 0 Å². The molecule has 1 aliphatic rings. The number of benzene rings is 1. The molecule has 1 N–H and O–H groups in total. The smallest absolute Gasteiger partial charge is 0.270 e. The summed E-state index contributed by atoms with van der Waals surface area (Å²) < 4.78 is 6.72. The van der Waals surface area contributed by atoms with Gasteiger partial charge in [0.1, 0.15) is 5.69 Å². The largest absolute Gasteiger partial charge is 0.491 e. The quantitative estimate of drug-likeness (QED) is 0.870. The van der Waals surface area contributed by atoms with Crippen molar-refractivity contribution >= 4 is 11.8 Å². The molecule has 1 aromatic heterocycles. The molecule has 1 aliphatic heterocycles. The average Bonchev–Trinajstić information content (AvgIpc) is 2.64. The van der Waals surface area contributed by atoms with E-state index in [0.29, 0.717) is 37.4 Å². The number of nitrogens with zero attached hydrogens (tertiary/aromatic N) is 2. The number of pyridine rings is 1. The van der Waals surface area contributed by atoms with Crippen molar-refractivity contribution in [1.29, 1.82) is 0 Å². The summed E-state index contributed by atoms with van der Waals surface area (Å²) in [6, 6.07) is 10.2. The Labute approximate surface area is 144 Å². The van der Waals surface area contributed by atoms with Crippen LogP contribution in [0.5, 0.6) is 5.75 Å². The molecule has 130 valence electrons. The molecule has 0 aliphatic carbocycles. The van der Waals surface area contributed by atoms with Crippen molar-refractivity contribution in [3.05, 3.63) is 64.1 Å². The molecule has 0 fully saturated rings. The van der Waals surface area contributed by atoms with E-state index >= 15 is 0 Å². The van der Waals surface area contributed by atoms with Gasteiger partial charge in [-0.3, -0.25) is 14.4 Å². The maximum Gasteiger partial charge on any atom is 0.270 e. The number of ether oxygens (including phenoxy) is 1. The maximum atomic E-state index is 12.5. The van der Waals surface area contributed by atoms with Gasteiger partial charge in [0.25, 0.3) is 11.8 Å². The van der Waals surface area contributed by atoms with Crippen LogP contribution in [0, 0.1) is 0 Å². The van der Waals surface area contributed by atoms with Crippen molar-refractivity contribution < 1.29 is 14.3 Å². The lowest BCUT2D eigenvalue weighted by molar-refractivity contribution is 0.0696. The molecule has 0 bridgehead atoms. The van der Waals surface area contributed by atoms with Gasteiger partial charge in [-0.25, -0.2) is 0 Å². The zero-order chi connectivity index (χ0) is 17.8. The summed E-state index contributed by atoms with van der Waals surface area (Å²) >= 11 is 0. The number of aromatic nitrogens is 1. The number of nitrogens with one attached hydrogen (secondary N) is 1. The summed E-state index contributed by atoms with van der Waals surface area (Å²) in [5.74, 6) is -0.175. The van der Waals surface area contributed by atoms with E-state index in [4.69, 9.17) is 4.74 Å². The fraction of sp³-hybridized carbons (Fsp3) is 0.278. The van der Waals surface area contributed by atoms with Crippen LogP contribution in [0.15, 0.2) is 47.4 Å². The van der Waals surface area contributed by atoms with Crippen molar-refractivity contribution in [3.63, 3.8) is 0 Å². The molecule has 7 nitrogen and oxygen atoms in total. The molecule has 0 saturated carbocycles. The molecule has 0 atom stereocenters. The van der Waals surface area contributed by atoms with Gasteiger partial charge in [-0.05, 0) is 12.1 Å². The van der Waals surface area contributed by atoms with E-state index in [-0.39, 0.29) is 23.0 Å². The molecule has 25 heavy (non-hydrogen) atoms. The topological polar surface area (TPSA) is 80.6 Å². The Morgan fingerprint density at radius 2 is 1.96 bits per heavy atom. The minimum Gasteiger partial charge on any atom is -0.491 e. The van der Waals surface area contributed by atoms with Crippen molar-refractivity contribution in [2.24, 2.45) is 0 Å². The van der Waals surface area contributed by atoms with E-state index in [1.54, 1.807) is 39.9 Å². The number of rotatable bonds is 5. The molecule has 0 unspecified atom stereocenters. The molecular weight excluding hydrogens is 322 g/mol. The van der Waals surface area contributed by atoms with E-state index in [1.165, 1.54) is 13.2 Å². The zero-order valence-electron chi connectivity index (χ0n) is 13.9. The van der Waals surface area contributed by atoms with Crippen LogP contribution in [0.1, 0.15) is 20.8 Å². The average molecular weight is 341 g/mol. The third-order valence-electron chi connectivity index (χ3n) is 4.13. The Hall–Kier alpha value is -3.09. The second kappa shape index (κ2) is 7.21. The predicted octanol–water partition coefficient (Wildman–Crippen LogP) is 0.743. The van der Waals surface area contributed by atoms with Crippen molar-refractivity contribution in [2.45, 2.75) is 6.54 Å². The molecule has 3 rings (SSSR count). The van der Waals surface area contributed by atoms with Crippen LogP contribution in [-0.4, -0.2) is 48.0 Å². The fourth-order valence-corrected chi connectivity index (χ4v) is 2.78. The number of carbonyl (C=O) groups excluding carboxylic acids is 2. The van der Waals surface area contributed by atoms with Crippen molar-refractivity contribution in [3.8, 4) is 5.75 Å². The van der Waals surface area contributed by atoms with Gasteiger partial charge < -0.3 is 19.5 Å². The summed E-state index contributed by atoms with van der Waals surface area (Å²) in [5.41, 5.74) is 0.601. The molecule has 0 radical (unpaired) electrons. The number of hydrogen-bond donors (Lipinski definition) is 1. The third kappa shape index (κ3) is 3.55. The SMILES string of the molecule is COc1cn2c(cc1=O)C(=O)N(CCNC(=O)c1ccccc1)CC2. The first-order valence-corrected chi connectivity index (χ1v) is 8.01. The third-order valence-corrected chi connectivity index (χ3v) is 4.13. The summed E-state index contributed by atoms with van der Waals surface area (Å²) in [4.78, 5) is 38.0. The highest BCUT2D eigenvalue weighted by atomic mass is 16.5. The molecule has 0 saturated heterocycles. The number of methoxy groups -OCH3 is 1. The van der Waals surface area contributed by atoms with Gasteiger partial charge in [-0.15, -0.1) is 0 Å². The van der Waals surface area contributed by atoms with Crippen LogP contribution in [0.2, 0.25) is 0 Å². The Morgan fingerprint density at radius 3 is 2.68 bits per heavy atom. The van der Waals surface area contributed by atoms with Gasteiger partial charge in [0.2, 0.25) is 5.43 Å². The van der Waals surface area contributed by atoms with Crippen LogP contribution in [0.4, 0.5) is 0 Å². The monoisotopic (exact) mass is 341 g/mol. The Bertz CT molecular complexity index is 845. The molecule has 7 heteroatoms. The second-order valence-corrected chi connectivity index (χ2v) is 5.70. The van der Waals surface area contributed by atoms with Gasteiger partial charge in [0.15, 0.2) is 5.75 Å². The zero-order valence-corrected chi connectivity index (χ0v) is 13.9. The lowest BCUT2D eigenvalue weighted by Crippen LogP contribution is -2.45. The predicted molar refractivity (Wildman–Crippen MR) is 91.9 cm³/mol. The molecule has 2 heterocycles. The number of fused-ring (bicyclic) bond motifs is 1. The van der Waals surface area contributed by atoms with Gasteiger partial charge in [-0.1, -0.05) is 18.2 Å².